The summed E-state index contributed by atoms with van der Waals surface area (Å²) in [5, 5.41) is 0. The molecule has 3 aromatic rings. The molecule has 0 saturated carbocycles. The van der Waals surface area contributed by atoms with E-state index in [9.17, 15) is 13.2 Å². The first-order chi connectivity index (χ1) is 16.2. The number of hydrogen-bond acceptors (Lipinski definition) is 4. The third-order valence-corrected chi connectivity index (χ3v) is 7.88. The second kappa shape index (κ2) is 9.50. The lowest BCUT2D eigenvalue weighted by atomic mass is 10.1. The number of benzene rings is 3. The normalized spacial score (nSPS) is 14.2. The molecule has 1 amide bonds. The number of nitrogens with zero attached hydrogens (tertiary/aromatic N) is 2. The van der Waals surface area contributed by atoms with E-state index in [0.29, 0.717) is 24.3 Å². The van der Waals surface area contributed by atoms with Crippen molar-refractivity contribution in [3.8, 4) is 0 Å². The molecule has 4 rings (SSSR count). The number of aryl methyl sites for hydroxylation is 3. The Morgan fingerprint density at radius 3 is 2.24 bits per heavy atom. The van der Waals surface area contributed by atoms with E-state index in [-0.39, 0.29) is 10.8 Å². The predicted octanol–water partition coefficient (Wildman–Crippen LogP) is 4.68. The zero-order valence-corrected chi connectivity index (χ0v) is 20.9. The van der Waals surface area contributed by atoms with Crippen molar-refractivity contribution >= 4 is 27.3 Å². The maximum absolute atomic E-state index is 13.4. The molecule has 178 valence electrons. The van der Waals surface area contributed by atoms with Crippen LogP contribution in [0.2, 0.25) is 0 Å². The lowest BCUT2D eigenvalue weighted by Gasteiger charge is -2.37. The summed E-state index contributed by atoms with van der Waals surface area (Å²) in [5.41, 5.74) is 6.36. The highest BCUT2D eigenvalue weighted by atomic mass is 32.2. The summed E-state index contributed by atoms with van der Waals surface area (Å²) in [6, 6.07) is 18.2. The number of carbonyl (C=O) groups excluding carboxylic acids is 1. The molecule has 0 radical (unpaired) electrons. The first kappa shape index (κ1) is 23.8. The van der Waals surface area contributed by atoms with Crippen molar-refractivity contribution in [3.05, 3.63) is 88.5 Å². The van der Waals surface area contributed by atoms with E-state index in [2.05, 4.69) is 41.7 Å². The number of nitrogens with one attached hydrogen (secondary N) is 1. The van der Waals surface area contributed by atoms with Crippen molar-refractivity contribution in [2.45, 2.75) is 32.6 Å². The maximum Gasteiger partial charge on any atom is 0.261 e. The molecule has 1 heterocycles. The monoisotopic (exact) mass is 477 g/mol. The molecule has 0 atom stereocenters. The Morgan fingerprint density at radius 1 is 0.824 bits per heavy atom. The summed E-state index contributed by atoms with van der Waals surface area (Å²) in [5.74, 6) is -0.134. The Balaban J connectivity index is 1.51. The minimum atomic E-state index is -3.82. The average Bonchev–Trinajstić information content (AvgIpc) is 2.80. The minimum absolute atomic E-state index is 0.0805. The van der Waals surface area contributed by atoms with Gasteiger partial charge in [0.1, 0.15) is 0 Å². The van der Waals surface area contributed by atoms with E-state index in [0.717, 1.165) is 24.2 Å². The largest absolute Gasteiger partial charge is 0.368 e. The summed E-state index contributed by atoms with van der Waals surface area (Å²) in [6.45, 7) is 10.6. The fourth-order valence-corrected chi connectivity index (χ4v) is 5.40. The molecular formula is C27H31N3O3S. The summed E-state index contributed by atoms with van der Waals surface area (Å²) in [7, 11) is -3.82. The SMILES string of the molecule is Cc1cccc(NS(=O)(=O)c2ccc(C)c(C(=O)N3CCN(c4cccc(C)c4C)CC3)c2)c1. The van der Waals surface area contributed by atoms with E-state index >= 15 is 0 Å². The van der Waals surface area contributed by atoms with E-state index in [1.165, 1.54) is 22.9 Å². The van der Waals surface area contributed by atoms with Crippen molar-refractivity contribution < 1.29 is 13.2 Å². The van der Waals surface area contributed by atoms with Crippen LogP contribution in [0.3, 0.4) is 0 Å². The molecule has 1 N–H and O–H groups in total. The first-order valence-electron chi connectivity index (χ1n) is 11.5. The molecule has 1 fully saturated rings. The van der Waals surface area contributed by atoms with Crippen molar-refractivity contribution in [1.82, 2.24) is 4.90 Å². The Kier molecular flexibility index (Phi) is 6.66. The van der Waals surface area contributed by atoms with Crippen LogP contribution in [0.4, 0.5) is 11.4 Å². The van der Waals surface area contributed by atoms with Crippen LogP contribution >= 0.6 is 0 Å². The van der Waals surface area contributed by atoms with Gasteiger partial charge in [0.25, 0.3) is 15.9 Å². The summed E-state index contributed by atoms with van der Waals surface area (Å²) in [6.07, 6.45) is 0. The number of carbonyl (C=O) groups is 1. The Labute approximate surface area is 202 Å². The maximum atomic E-state index is 13.4. The molecule has 0 aromatic heterocycles. The number of piperazine rings is 1. The van der Waals surface area contributed by atoms with Gasteiger partial charge < -0.3 is 9.80 Å². The van der Waals surface area contributed by atoms with Crippen LogP contribution in [0.1, 0.15) is 32.6 Å². The molecule has 6 nitrogen and oxygen atoms in total. The van der Waals surface area contributed by atoms with Crippen molar-refractivity contribution in [2.24, 2.45) is 0 Å². The van der Waals surface area contributed by atoms with E-state index < -0.39 is 10.0 Å². The van der Waals surface area contributed by atoms with Gasteiger partial charge in [-0.2, -0.15) is 0 Å². The number of rotatable bonds is 5. The van der Waals surface area contributed by atoms with Crippen LogP contribution in [0.25, 0.3) is 0 Å². The van der Waals surface area contributed by atoms with E-state index in [1.54, 1.807) is 30.3 Å². The quantitative estimate of drug-likeness (QED) is 0.579. The van der Waals surface area contributed by atoms with Gasteiger partial charge in [-0.25, -0.2) is 8.42 Å². The van der Waals surface area contributed by atoms with Gasteiger partial charge in [0.2, 0.25) is 0 Å². The third kappa shape index (κ3) is 4.94. The van der Waals surface area contributed by atoms with Gasteiger partial charge in [-0.3, -0.25) is 9.52 Å². The highest BCUT2D eigenvalue weighted by molar-refractivity contribution is 7.92. The zero-order chi connectivity index (χ0) is 24.5. The average molecular weight is 478 g/mol. The fourth-order valence-electron chi connectivity index (χ4n) is 4.32. The highest BCUT2D eigenvalue weighted by Crippen LogP contribution is 2.25. The molecule has 1 aliphatic heterocycles. The minimum Gasteiger partial charge on any atom is -0.368 e. The molecule has 0 aliphatic carbocycles. The smallest absolute Gasteiger partial charge is 0.261 e. The number of hydrogen-bond donors (Lipinski definition) is 1. The molecule has 34 heavy (non-hydrogen) atoms. The highest BCUT2D eigenvalue weighted by Gasteiger charge is 2.26. The standard InChI is InChI=1S/C27H31N3O3S/c1-19-7-5-9-23(17-19)28-34(32,33)24-12-11-21(3)25(18-24)27(31)30-15-13-29(14-16-30)26-10-6-8-20(2)22(26)4/h5-12,17-18,28H,13-16H2,1-4H3. The lowest BCUT2D eigenvalue weighted by molar-refractivity contribution is 0.0745. The van der Waals surface area contributed by atoms with Crippen molar-refractivity contribution in [1.29, 1.82) is 0 Å². The van der Waals surface area contributed by atoms with Crippen LogP contribution in [0, 0.1) is 27.7 Å². The number of sulfonamides is 1. The molecule has 1 aliphatic rings. The van der Waals surface area contributed by atoms with Crippen LogP contribution in [-0.2, 0) is 10.0 Å². The molecule has 3 aromatic carbocycles. The number of amides is 1. The molecule has 0 unspecified atom stereocenters. The van der Waals surface area contributed by atoms with Gasteiger partial charge in [0.15, 0.2) is 0 Å². The summed E-state index contributed by atoms with van der Waals surface area (Å²) < 4.78 is 28.6. The second-order valence-corrected chi connectivity index (χ2v) is 10.6. The third-order valence-electron chi connectivity index (χ3n) is 6.50. The Bertz CT molecular complexity index is 1330. The zero-order valence-electron chi connectivity index (χ0n) is 20.1. The van der Waals surface area contributed by atoms with Crippen LogP contribution in [0.5, 0.6) is 0 Å². The first-order valence-corrected chi connectivity index (χ1v) is 12.9. The van der Waals surface area contributed by atoms with Crippen LogP contribution in [-0.4, -0.2) is 45.4 Å². The molecule has 0 spiro atoms. The number of anilines is 2. The Morgan fingerprint density at radius 2 is 1.53 bits per heavy atom. The van der Waals surface area contributed by atoms with Crippen LogP contribution < -0.4 is 9.62 Å². The molecular weight excluding hydrogens is 446 g/mol. The Hall–Kier alpha value is -3.32. The molecule has 7 heteroatoms. The molecule has 0 bridgehead atoms. The molecule has 1 saturated heterocycles. The van der Waals surface area contributed by atoms with Crippen molar-refractivity contribution in [2.75, 3.05) is 35.8 Å². The summed E-state index contributed by atoms with van der Waals surface area (Å²) >= 11 is 0. The van der Waals surface area contributed by atoms with Gasteiger partial charge in [-0.1, -0.05) is 30.3 Å². The van der Waals surface area contributed by atoms with Gasteiger partial charge in [-0.15, -0.1) is 0 Å². The van der Waals surface area contributed by atoms with Gasteiger partial charge in [0, 0.05) is 43.1 Å². The predicted molar refractivity (Wildman–Crippen MR) is 137 cm³/mol. The van der Waals surface area contributed by atoms with E-state index in [4.69, 9.17) is 0 Å². The fraction of sp³-hybridized carbons (Fsp3) is 0.296. The van der Waals surface area contributed by atoms with Gasteiger partial charge in [0.05, 0.1) is 4.90 Å². The lowest BCUT2D eigenvalue weighted by Crippen LogP contribution is -2.49. The topological polar surface area (TPSA) is 69.7 Å². The van der Waals surface area contributed by atoms with Crippen molar-refractivity contribution in [3.63, 3.8) is 0 Å². The second-order valence-electron chi connectivity index (χ2n) is 8.95. The van der Waals surface area contributed by atoms with E-state index in [1.807, 2.05) is 24.8 Å². The van der Waals surface area contributed by atoms with Gasteiger partial charge >= 0.3 is 0 Å². The van der Waals surface area contributed by atoms with Gasteiger partial charge in [-0.05, 0) is 80.3 Å². The van der Waals surface area contributed by atoms with Crippen LogP contribution in [0.15, 0.2) is 65.6 Å². The summed E-state index contributed by atoms with van der Waals surface area (Å²) in [4.78, 5) is 17.6.